The molecule has 1 aliphatic heterocycles. The van der Waals surface area contributed by atoms with Crippen molar-refractivity contribution in [2.75, 3.05) is 0 Å². The lowest BCUT2D eigenvalue weighted by molar-refractivity contribution is -0.0239. The number of ether oxygens (including phenoxy) is 1. The van der Waals surface area contributed by atoms with Crippen LogP contribution in [0.2, 0.25) is 0 Å². The first-order chi connectivity index (χ1) is 8.58. The van der Waals surface area contributed by atoms with Gasteiger partial charge in [-0.1, -0.05) is 13.8 Å². The zero-order valence-corrected chi connectivity index (χ0v) is 11.0. The zero-order valence-electron chi connectivity index (χ0n) is 11.0. The van der Waals surface area contributed by atoms with E-state index in [1.165, 1.54) is 4.57 Å². The van der Waals surface area contributed by atoms with Crippen LogP contribution in [0.4, 0.5) is 4.39 Å². The van der Waals surface area contributed by atoms with Crippen molar-refractivity contribution in [2.24, 2.45) is 5.92 Å². The summed E-state index contributed by atoms with van der Waals surface area (Å²) < 4.78 is 21.3. The van der Waals surface area contributed by atoms with Gasteiger partial charge in [-0.05, 0) is 25.8 Å². The highest BCUT2D eigenvalue weighted by Crippen LogP contribution is 2.38. The Morgan fingerprint density at radius 3 is 2.67 bits per heavy atom. The largest absolute Gasteiger partial charge is 0.351 e. The van der Waals surface area contributed by atoms with E-state index in [1.54, 1.807) is 19.2 Å². The Balaban J connectivity index is 2.32. The van der Waals surface area contributed by atoms with Gasteiger partial charge in [0.2, 0.25) is 0 Å². The third kappa shape index (κ3) is 2.19. The van der Waals surface area contributed by atoms with Crippen LogP contribution < -0.4 is 5.69 Å². The number of halogens is 1. The number of hydrogen-bond acceptors (Lipinski definition) is 3. The molecule has 0 N–H and O–H groups in total. The minimum atomic E-state index is -1.15. The first-order valence-corrected chi connectivity index (χ1v) is 6.43. The first kappa shape index (κ1) is 13.2. The highest BCUT2D eigenvalue weighted by atomic mass is 19.1. The van der Waals surface area contributed by atoms with E-state index < -0.39 is 18.1 Å². The van der Waals surface area contributed by atoms with E-state index in [0.29, 0.717) is 12.1 Å². The predicted molar refractivity (Wildman–Crippen MR) is 66.1 cm³/mol. The van der Waals surface area contributed by atoms with Gasteiger partial charge in [-0.2, -0.15) is 4.98 Å². The van der Waals surface area contributed by atoms with E-state index in [0.717, 1.165) is 6.42 Å². The molecule has 4 nitrogen and oxygen atoms in total. The van der Waals surface area contributed by atoms with Gasteiger partial charge in [0.15, 0.2) is 12.4 Å². The van der Waals surface area contributed by atoms with Crippen LogP contribution in [0.15, 0.2) is 17.1 Å². The minimum Gasteiger partial charge on any atom is -0.351 e. The van der Waals surface area contributed by atoms with Crippen molar-refractivity contribution < 1.29 is 9.13 Å². The molecule has 5 heteroatoms. The van der Waals surface area contributed by atoms with Crippen LogP contribution in [0.5, 0.6) is 0 Å². The second-order valence-corrected chi connectivity index (χ2v) is 4.75. The maximum atomic E-state index is 14.3. The van der Waals surface area contributed by atoms with Crippen LogP contribution in [0, 0.1) is 12.8 Å². The normalized spacial score (nSPS) is 31.8. The molecule has 1 fully saturated rings. The molecule has 0 spiro atoms. The Hall–Kier alpha value is -1.23. The number of aromatic nitrogens is 2. The highest BCUT2D eigenvalue weighted by molar-refractivity contribution is 4.98. The average molecular weight is 254 g/mol. The van der Waals surface area contributed by atoms with Gasteiger partial charge in [-0.25, -0.2) is 9.18 Å². The summed E-state index contributed by atoms with van der Waals surface area (Å²) in [5.74, 6) is -0.145. The smallest absolute Gasteiger partial charge is 0.349 e. The van der Waals surface area contributed by atoms with Crippen molar-refractivity contribution in [2.45, 2.75) is 52.1 Å². The lowest BCUT2D eigenvalue weighted by Gasteiger charge is -2.16. The molecule has 2 heterocycles. The number of alkyl halides is 1. The van der Waals surface area contributed by atoms with Crippen molar-refractivity contribution in [3.05, 3.63) is 28.4 Å². The van der Waals surface area contributed by atoms with Gasteiger partial charge in [0, 0.05) is 17.8 Å². The third-order valence-electron chi connectivity index (χ3n) is 3.59. The van der Waals surface area contributed by atoms with Crippen molar-refractivity contribution in [3.8, 4) is 0 Å². The number of aryl methyl sites for hydroxylation is 1. The second kappa shape index (κ2) is 5.18. The van der Waals surface area contributed by atoms with Crippen LogP contribution >= 0.6 is 0 Å². The quantitative estimate of drug-likeness (QED) is 0.830. The summed E-state index contributed by atoms with van der Waals surface area (Å²) in [7, 11) is 0. The number of hydrogen-bond donors (Lipinski definition) is 0. The van der Waals surface area contributed by atoms with E-state index in [9.17, 15) is 9.18 Å². The van der Waals surface area contributed by atoms with Crippen molar-refractivity contribution in [1.29, 1.82) is 0 Å². The SMILES string of the molecule is CCC1OC(n2ccc(C)nc2=O)C(F)C1CC. The second-order valence-electron chi connectivity index (χ2n) is 4.75. The molecular formula is C13H19FN2O2. The summed E-state index contributed by atoms with van der Waals surface area (Å²) in [6, 6.07) is 1.69. The average Bonchev–Trinajstić information content (AvgIpc) is 2.66. The molecule has 0 radical (unpaired) electrons. The predicted octanol–water partition coefficient (Wildman–Crippen LogP) is 2.22. The van der Waals surface area contributed by atoms with Gasteiger partial charge in [0.25, 0.3) is 0 Å². The number of nitrogens with zero attached hydrogens (tertiary/aromatic N) is 2. The van der Waals surface area contributed by atoms with Gasteiger partial charge in [-0.3, -0.25) is 4.57 Å². The maximum Gasteiger partial charge on any atom is 0.349 e. The summed E-state index contributed by atoms with van der Waals surface area (Å²) in [5.41, 5.74) is 0.179. The fourth-order valence-electron chi connectivity index (χ4n) is 2.57. The Morgan fingerprint density at radius 2 is 2.17 bits per heavy atom. The summed E-state index contributed by atoms with van der Waals surface area (Å²) in [6.45, 7) is 5.65. The lowest BCUT2D eigenvalue weighted by Crippen LogP contribution is -2.31. The molecule has 100 valence electrons. The molecule has 4 unspecified atom stereocenters. The molecule has 0 aromatic carbocycles. The molecule has 0 saturated carbocycles. The molecule has 1 aromatic heterocycles. The lowest BCUT2D eigenvalue weighted by atomic mass is 9.95. The van der Waals surface area contributed by atoms with Crippen molar-refractivity contribution in [1.82, 2.24) is 9.55 Å². The van der Waals surface area contributed by atoms with Crippen LogP contribution in [0.3, 0.4) is 0 Å². The third-order valence-corrected chi connectivity index (χ3v) is 3.59. The van der Waals surface area contributed by atoms with Gasteiger partial charge in [-0.15, -0.1) is 0 Å². The van der Waals surface area contributed by atoms with Crippen LogP contribution in [0.1, 0.15) is 38.6 Å². The molecule has 0 bridgehead atoms. The Labute approximate surface area is 106 Å². The van der Waals surface area contributed by atoms with E-state index >= 15 is 0 Å². The van der Waals surface area contributed by atoms with E-state index in [4.69, 9.17) is 4.74 Å². The molecule has 1 aliphatic rings. The summed E-state index contributed by atoms with van der Waals surface area (Å²) in [6.07, 6.45) is 0.922. The Bertz CT molecular complexity index is 474. The van der Waals surface area contributed by atoms with Crippen molar-refractivity contribution in [3.63, 3.8) is 0 Å². The van der Waals surface area contributed by atoms with Crippen LogP contribution in [-0.4, -0.2) is 21.8 Å². The number of rotatable bonds is 3. The zero-order chi connectivity index (χ0) is 13.3. The standard InChI is InChI=1S/C13H19FN2O2/c1-4-9-10(5-2)18-12(11(9)14)16-7-6-8(3)15-13(16)17/h6-7,9-12H,4-5H2,1-3H3. The molecule has 0 aliphatic carbocycles. The fraction of sp³-hybridized carbons (Fsp3) is 0.692. The van der Waals surface area contributed by atoms with E-state index in [2.05, 4.69) is 4.98 Å². The molecule has 4 atom stereocenters. The minimum absolute atomic E-state index is 0.122. The first-order valence-electron chi connectivity index (χ1n) is 6.43. The van der Waals surface area contributed by atoms with Gasteiger partial charge < -0.3 is 4.74 Å². The van der Waals surface area contributed by atoms with E-state index in [-0.39, 0.29) is 12.0 Å². The van der Waals surface area contributed by atoms with E-state index in [1.807, 2.05) is 13.8 Å². The molecule has 0 amide bonds. The summed E-state index contributed by atoms with van der Waals surface area (Å²) >= 11 is 0. The van der Waals surface area contributed by atoms with Gasteiger partial charge >= 0.3 is 5.69 Å². The van der Waals surface area contributed by atoms with Gasteiger partial charge in [0.05, 0.1) is 6.10 Å². The Morgan fingerprint density at radius 1 is 1.44 bits per heavy atom. The Kier molecular flexibility index (Phi) is 3.80. The van der Waals surface area contributed by atoms with Crippen molar-refractivity contribution >= 4 is 0 Å². The molecular weight excluding hydrogens is 235 g/mol. The fourth-order valence-corrected chi connectivity index (χ4v) is 2.57. The maximum absolute atomic E-state index is 14.3. The van der Waals surface area contributed by atoms with Crippen LogP contribution in [0.25, 0.3) is 0 Å². The highest BCUT2D eigenvalue weighted by Gasteiger charge is 2.44. The molecule has 18 heavy (non-hydrogen) atoms. The van der Waals surface area contributed by atoms with Gasteiger partial charge in [0.1, 0.15) is 0 Å². The summed E-state index contributed by atoms with van der Waals surface area (Å²) in [5, 5.41) is 0. The molecule has 1 aromatic rings. The van der Waals surface area contributed by atoms with Crippen LogP contribution in [-0.2, 0) is 4.74 Å². The summed E-state index contributed by atoms with van der Waals surface area (Å²) in [4.78, 5) is 15.6. The molecule has 1 saturated heterocycles. The molecule has 2 rings (SSSR count). The monoisotopic (exact) mass is 254 g/mol. The topological polar surface area (TPSA) is 44.1 Å².